The second-order valence-electron chi connectivity index (χ2n) is 27.6. The van der Waals surface area contributed by atoms with Crippen LogP contribution < -0.4 is 0 Å². The van der Waals surface area contributed by atoms with Crippen LogP contribution in [0.15, 0.2) is 0 Å². The molecule has 0 aromatic rings. The predicted octanol–water partition coefficient (Wildman–Crippen LogP) is 22.5. The van der Waals surface area contributed by atoms with Crippen molar-refractivity contribution < 1.29 is 80.2 Å². The van der Waals surface area contributed by atoms with Crippen LogP contribution in [0.3, 0.4) is 0 Å². The monoisotopic (exact) mass is 1400 g/mol. The van der Waals surface area contributed by atoms with Crippen LogP contribution in [0.5, 0.6) is 0 Å². The van der Waals surface area contributed by atoms with Crippen LogP contribution in [0, 0.1) is 5.92 Å². The molecule has 19 heteroatoms. The topological polar surface area (TPSA) is 237 Å². The molecular weight excluding hydrogens is 1250 g/mol. The molecule has 0 aromatic heterocycles. The number of carbonyl (C=O) groups is 4. The molecule has 0 amide bonds. The fourth-order valence-electron chi connectivity index (χ4n) is 11.7. The Kier molecular flexibility index (Phi) is 67.7. The van der Waals surface area contributed by atoms with Crippen molar-refractivity contribution in [3.8, 4) is 0 Å². The number of aliphatic hydroxyl groups excluding tert-OH is 1. The molecule has 6 atom stereocenters. The molecule has 95 heavy (non-hydrogen) atoms. The van der Waals surface area contributed by atoms with E-state index in [4.69, 9.17) is 37.0 Å². The molecule has 3 unspecified atom stereocenters. The van der Waals surface area contributed by atoms with Gasteiger partial charge in [-0.1, -0.05) is 349 Å². The van der Waals surface area contributed by atoms with Crippen LogP contribution >= 0.6 is 15.6 Å². The van der Waals surface area contributed by atoms with Crippen molar-refractivity contribution in [3.05, 3.63) is 0 Å². The number of rotatable bonds is 76. The van der Waals surface area contributed by atoms with E-state index in [0.29, 0.717) is 25.7 Å². The fraction of sp³-hybridized carbons (Fsp3) is 0.947. The zero-order valence-corrected chi connectivity index (χ0v) is 63.6. The van der Waals surface area contributed by atoms with Crippen molar-refractivity contribution in [3.63, 3.8) is 0 Å². The number of phosphoric ester groups is 2. The molecule has 0 aliphatic carbocycles. The normalized spacial score (nSPS) is 14.2. The lowest BCUT2D eigenvalue weighted by molar-refractivity contribution is -0.161. The van der Waals surface area contributed by atoms with Gasteiger partial charge in [0.1, 0.15) is 19.3 Å². The first-order chi connectivity index (χ1) is 46.1. The first-order valence-corrected chi connectivity index (χ1v) is 42.7. The van der Waals surface area contributed by atoms with E-state index in [1.54, 1.807) is 0 Å². The van der Waals surface area contributed by atoms with E-state index in [1.165, 1.54) is 225 Å². The van der Waals surface area contributed by atoms with E-state index >= 15 is 0 Å². The van der Waals surface area contributed by atoms with Crippen molar-refractivity contribution in [2.75, 3.05) is 39.6 Å². The number of phosphoric acid groups is 2. The average Bonchev–Trinajstić information content (AvgIpc) is 3.58. The molecule has 564 valence electrons. The van der Waals surface area contributed by atoms with Gasteiger partial charge >= 0.3 is 39.5 Å². The summed E-state index contributed by atoms with van der Waals surface area (Å²) in [5.74, 6) is -1.33. The molecule has 0 rings (SSSR count). The maximum atomic E-state index is 13.1. The molecule has 0 bridgehead atoms. The van der Waals surface area contributed by atoms with E-state index in [-0.39, 0.29) is 25.7 Å². The SMILES string of the molecule is CCCCCCCCCCCCCCCCCCCCCC(=O)O[C@H](COC(=O)CCCCCCCCCCC(C)CC)COP(=O)(O)OC[C@@H](O)COP(=O)(O)OC[C@@H](COC(=O)CCCCCCCCCCCCCC)OC(=O)CCCCCCCCCCCCCC. The number of hydrogen-bond donors (Lipinski definition) is 3. The lowest BCUT2D eigenvalue weighted by atomic mass is 9.99. The summed E-state index contributed by atoms with van der Waals surface area (Å²) in [4.78, 5) is 72.8. The molecule has 0 aliphatic rings. The maximum absolute atomic E-state index is 13.1. The molecule has 0 spiro atoms. The third-order valence-electron chi connectivity index (χ3n) is 18.1. The number of esters is 4. The molecule has 0 saturated carbocycles. The Morgan fingerprint density at radius 2 is 0.505 bits per heavy atom. The highest BCUT2D eigenvalue weighted by Gasteiger charge is 2.30. The van der Waals surface area contributed by atoms with Gasteiger partial charge in [0.05, 0.1) is 26.4 Å². The lowest BCUT2D eigenvalue weighted by Gasteiger charge is -2.21. The fourth-order valence-corrected chi connectivity index (χ4v) is 13.3. The molecule has 0 saturated heterocycles. The standard InChI is InChI=1S/C76H148O17P2/c1-6-10-13-16-19-22-25-28-29-30-31-32-33-34-37-40-47-52-57-62-76(81)93-72(66-87-74(79)60-55-50-45-42-41-43-48-53-58-69(5)9-4)68-91-95(84,85)89-64-70(77)63-88-94(82,83)90-67-71(92-75(80)61-56-51-46-39-36-27-24-21-18-15-12-8-3)65-86-73(78)59-54-49-44-38-35-26-23-20-17-14-11-7-2/h69-72,77H,6-68H2,1-5H3,(H,82,83)(H,84,85)/t69?,70-,71+,72+/m0/s1. The number of aliphatic hydroxyl groups is 1. The van der Waals surface area contributed by atoms with Gasteiger partial charge in [-0.05, 0) is 31.6 Å². The van der Waals surface area contributed by atoms with E-state index in [1.807, 2.05) is 0 Å². The Balaban J connectivity index is 5.23. The van der Waals surface area contributed by atoms with Gasteiger partial charge in [0.25, 0.3) is 0 Å². The number of carbonyl (C=O) groups excluding carboxylic acids is 4. The average molecular weight is 1400 g/mol. The summed E-state index contributed by atoms with van der Waals surface area (Å²) in [7, 11) is -9.91. The first-order valence-electron chi connectivity index (χ1n) is 39.7. The molecular formula is C76H148O17P2. The highest BCUT2D eigenvalue weighted by atomic mass is 31.2. The summed E-state index contributed by atoms with van der Waals surface area (Å²) in [6.45, 7) is 7.30. The van der Waals surface area contributed by atoms with Crippen molar-refractivity contribution in [1.82, 2.24) is 0 Å². The highest BCUT2D eigenvalue weighted by molar-refractivity contribution is 7.47. The van der Waals surface area contributed by atoms with Crippen molar-refractivity contribution in [2.24, 2.45) is 5.92 Å². The van der Waals surface area contributed by atoms with Gasteiger partial charge in [-0.15, -0.1) is 0 Å². The highest BCUT2D eigenvalue weighted by Crippen LogP contribution is 2.45. The third kappa shape index (κ3) is 69.0. The van der Waals surface area contributed by atoms with Crippen LogP contribution in [-0.2, 0) is 65.4 Å². The van der Waals surface area contributed by atoms with Crippen molar-refractivity contribution >= 4 is 39.5 Å². The van der Waals surface area contributed by atoms with Crippen LogP contribution in [0.2, 0.25) is 0 Å². The van der Waals surface area contributed by atoms with E-state index in [2.05, 4.69) is 34.6 Å². The molecule has 0 heterocycles. The summed E-state index contributed by atoms with van der Waals surface area (Å²) in [5, 5.41) is 10.6. The number of ether oxygens (including phenoxy) is 4. The summed E-state index contributed by atoms with van der Waals surface area (Å²) in [6, 6.07) is 0. The minimum atomic E-state index is -4.96. The van der Waals surface area contributed by atoms with Gasteiger partial charge < -0.3 is 33.8 Å². The zero-order chi connectivity index (χ0) is 69.8. The van der Waals surface area contributed by atoms with Gasteiger partial charge in [-0.3, -0.25) is 37.3 Å². The summed E-state index contributed by atoms with van der Waals surface area (Å²) in [5.41, 5.74) is 0. The van der Waals surface area contributed by atoms with Gasteiger partial charge in [-0.2, -0.15) is 0 Å². The van der Waals surface area contributed by atoms with Crippen molar-refractivity contribution in [1.29, 1.82) is 0 Å². The van der Waals surface area contributed by atoms with Gasteiger partial charge in [0.15, 0.2) is 12.2 Å². The van der Waals surface area contributed by atoms with Gasteiger partial charge in [-0.25, -0.2) is 9.13 Å². The molecule has 0 aliphatic heterocycles. The number of unbranched alkanes of at least 4 members (excludes halogenated alkanes) is 47. The first kappa shape index (κ1) is 93.1. The van der Waals surface area contributed by atoms with Crippen LogP contribution in [0.25, 0.3) is 0 Å². The molecule has 0 aromatic carbocycles. The Labute approximate surface area is 581 Å². The molecule has 0 radical (unpaired) electrons. The molecule has 17 nitrogen and oxygen atoms in total. The quantitative estimate of drug-likeness (QED) is 0.0222. The Morgan fingerprint density at radius 1 is 0.295 bits per heavy atom. The molecule has 0 fully saturated rings. The largest absolute Gasteiger partial charge is 0.472 e. The Hall–Kier alpha value is -1.94. The summed E-state index contributed by atoms with van der Waals surface area (Å²) >= 11 is 0. The second kappa shape index (κ2) is 69.2. The second-order valence-corrected chi connectivity index (χ2v) is 30.5. The summed E-state index contributed by atoms with van der Waals surface area (Å²) in [6.07, 6.45) is 58.1. The number of hydrogen-bond acceptors (Lipinski definition) is 15. The van der Waals surface area contributed by atoms with E-state index < -0.39 is 97.5 Å². The maximum Gasteiger partial charge on any atom is 0.472 e. The van der Waals surface area contributed by atoms with Gasteiger partial charge in [0, 0.05) is 25.7 Å². The minimum absolute atomic E-state index is 0.108. The zero-order valence-electron chi connectivity index (χ0n) is 61.8. The Morgan fingerprint density at radius 3 is 0.747 bits per heavy atom. The van der Waals surface area contributed by atoms with Crippen LogP contribution in [0.4, 0.5) is 0 Å². The van der Waals surface area contributed by atoms with E-state index in [0.717, 1.165) is 95.8 Å². The van der Waals surface area contributed by atoms with Crippen LogP contribution in [0.1, 0.15) is 401 Å². The van der Waals surface area contributed by atoms with Gasteiger partial charge in [0.2, 0.25) is 0 Å². The molecule has 3 N–H and O–H groups in total. The lowest BCUT2D eigenvalue weighted by Crippen LogP contribution is -2.30. The minimum Gasteiger partial charge on any atom is -0.462 e. The third-order valence-corrected chi connectivity index (χ3v) is 20.0. The van der Waals surface area contributed by atoms with E-state index in [9.17, 15) is 43.2 Å². The smallest absolute Gasteiger partial charge is 0.462 e. The Bertz CT molecular complexity index is 1820. The summed E-state index contributed by atoms with van der Waals surface area (Å²) < 4.78 is 68.5. The predicted molar refractivity (Wildman–Crippen MR) is 386 cm³/mol. The van der Waals surface area contributed by atoms with Crippen molar-refractivity contribution in [2.45, 2.75) is 419 Å². The van der Waals surface area contributed by atoms with Crippen LogP contribution in [-0.4, -0.2) is 96.7 Å².